The van der Waals surface area contributed by atoms with Crippen LogP contribution in [-0.2, 0) is 104 Å². The second-order valence-corrected chi connectivity index (χ2v) is 15.4. The van der Waals surface area contributed by atoms with Crippen LogP contribution in [-0.4, -0.2) is 54.9 Å². The molecule has 16 nitrogen and oxygen atoms in total. The van der Waals surface area contributed by atoms with Crippen LogP contribution in [0.5, 0.6) is 0 Å². The molecule has 4 unspecified atom stereocenters. The van der Waals surface area contributed by atoms with Crippen LogP contribution in [0.25, 0.3) is 0 Å². The van der Waals surface area contributed by atoms with Crippen molar-refractivity contribution >= 4 is 74.1 Å². The van der Waals surface area contributed by atoms with Gasteiger partial charge < -0.3 is 37.7 Å². The van der Waals surface area contributed by atoms with Crippen LogP contribution in [0.2, 0.25) is 0 Å². The molecule has 0 bridgehead atoms. The van der Waals surface area contributed by atoms with E-state index in [0.717, 1.165) is 0 Å². The zero-order valence-electron chi connectivity index (χ0n) is 21.3. The Hall–Kier alpha value is 1.96. The summed E-state index contributed by atoms with van der Waals surface area (Å²) in [5, 5.41) is 0. The molecule has 0 rings (SSSR count). The molecule has 0 aliphatic rings. The fourth-order valence-electron chi connectivity index (χ4n) is 0.591. The fourth-order valence-corrected chi connectivity index (χ4v) is 2.29. The van der Waals surface area contributed by atoms with E-state index in [-0.39, 0.29) is 7.43 Å². The topological polar surface area (TPSA) is 203 Å². The second-order valence-electron chi connectivity index (χ2n) is 4.44. The molecule has 0 aromatic carbocycles. The average Bonchev–Trinajstić information content (AvgIpc) is 2.85. The van der Waals surface area contributed by atoms with Crippen LogP contribution >= 0.6 is 26.9 Å². The Morgan fingerprint density at radius 2 is 0.568 bits per heavy atom. The van der Waals surface area contributed by atoms with Crippen LogP contribution in [0, 0.1) is 7.43 Å². The van der Waals surface area contributed by atoms with Gasteiger partial charge in [0.1, 0.15) is 0 Å². The van der Waals surface area contributed by atoms with Crippen LogP contribution in [0.15, 0.2) is 0 Å². The first-order valence-corrected chi connectivity index (χ1v) is 19.4. The first-order chi connectivity index (χ1) is 16.5. The maximum atomic E-state index is 10.6. The van der Waals surface area contributed by atoms with E-state index < -0.39 is 26.9 Å². The van der Waals surface area contributed by atoms with Gasteiger partial charge in [-0.25, -0.2) is 19.6 Å². The molecule has 0 aromatic heterocycles. The normalized spacial score (nSPS) is 16.8. The van der Waals surface area contributed by atoms with Crippen molar-refractivity contribution in [3.05, 3.63) is 7.43 Å². The predicted octanol–water partition coefficient (Wildman–Crippen LogP) is 0.824. The monoisotopic (exact) mass is 696 g/mol. The minimum atomic E-state index is -3.33. The molecular weight excluding hydrogens is 664 g/mol. The molecule has 0 aliphatic heterocycles. The van der Waals surface area contributed by atoms with E-state index in [2.05, 4.69) is 104 Å². The average molecular weight is 697 g/mol. The standard InChI is InChI=1S/4C3H9O4PS.C/c4*1-3-6-7-8(4,9)5-2;/h4*3H2,1-2H3,(H,4,9);/q;;;;+4/p-4. The molecule has 24 heteroatoms. The van der Waals surface area contributed by atoms with Crippen LogP contribution < -0.4 is 19.6 Å². The minimum absolute atomic E-state index is 0. The van der Waals surface area contributed by atoms with E-state index in [1.807, 2.05) is 0 Å². The zero-order chi connectivity index (χ0) is 29.3. The molecule has 0 aromatic rings. The van der Waals surface area contributed by atoms with Crippen LogP contribution in [0.1, 0.15) is 27.7 Å². The minimum Gasteiger partial charge on any atom is -0.778 e. The molecule has 4 atom stereocenters. The Kier molecular flexibility index (Phi) is 38.7. The molecule has 0 radical (unpaired) electrons. The molecule has 0 saturated heterocycles. The Labute approximate surface area is 239 Å². The van der Waals surface area contributed by atoms with Gasteiger partial charge in [-0.15, -0.1) is 0 Å². The van der Waals surface area contributed by atoms with Crippen molar-refractivity contribution in [3.8, 4) is 0 Å². The Bertz CT molecular complexity index is 579. The quantitative estimate of drug-likeness (QED) is 0.125. The van der Waals surface area contributed by atoms with Gasteiger partial charge in [-0.3, -0.25) is 0 Å². The summed E-state index contributed by atoms with van der Waals surface area (Å²) in [5.41, 5.74) is 0. The van der Waals surface area contributed by atoms with Gasteiger partial charge in [0.15, 0.2) is 26.9 Å². The van der Waals surface area contributed by atoms with Crippen molar-refractivity contribution in [1.29, 1.82) is 0 Å². The second kappa shape index (κ2) is 29.5. The number of hydrogen-bond acceptors (Lipinski definition) is 20. The molecule has 0 spiro atoms. The van der Waals surface area contributed by atoms with E-state index >= 15 is 0 Å². The number of hydrogen-bond donors (Lipinski definition) is 0. The maximum absolute atomic E-state index is 10.6. The largest absolute Gasteiger partial charge is 4.00 e. The molecule has 0 N–H and O–H groups in total. The van der Waals surface area contributed by atoms with E-state index in [4.69, 9.17) is 0 Å². The molecular formula is C13H32O16P4S4. The van der Waals surface area contributed by atoms with E-state index in [1.165, 1.54) is 28.4 Å². The van der Waals surface area contributed by atoms with Gasteiger partial charge in [-0.05, 0) is 74.9 Å². The Balaban J connectivity index is -0.000000122. The third kappa shape index (κ3) is 42.6. The molecule has 0 heterocycles. The van der Waals surface area contributed by atoms with Gasteiger partial charge in [0.2, 0.25) is 0 Å². The van der Waals surface area contributed by atoms with Crippen molar-refractivity contribution < 1.29 is 75.9 Å². The van der Waals surface area contributed by atoms with Gasteiger partial charge in [-0.1, -0.05) is 0 Å². The molecule has 0 fully saturated rings. The number of rotatable bonds is 16. The molecule has 0 saturated carbocycles. The summed E-state index contributed by atoms with van der Waals surface area (Å²) < 4.78 is 33.8. The summed E-state index contributed by atoms with van der Waals surface area (Å²) in [5.74, 6) is 0. The van der Waals surface area contributed by atoms with E-state index in [0.29, 0.717) is 26.4 Å². The Morgan fingerprint density at radius 1 is 0.432 bits per heavy atom. The summed E-state index contributed by atoms with van der Waals surface area (Å²) in [6.07, 6.45) is 0. The summed E-state index contributed by atoms with van der Waals surface area (Å²) >= 11 is 17.2. The van der Waals surface area contributed by atoms with Gasteiger partial charge in [0.25, 0.3) is 0 Å². The first kappa shape index (κ1) is 48.7. The molecule has 0 amide bonds. The van der Waals surface area contributed by atoms with E-state index in [9.17, 15) is 19.6 Å². The molecule has 0 aliphatic carbocycles. The van der Waals surface area contributed by atoms with Crippen molar-refractivity contribution in [2.75, 3.05) is 54.9 Å². The molecule has 37 heavy (non-hydrogen) atoms. The SMILES string of the molecule is CCOOP([O-])(=S)OC.CCOOP([O-])(=S)OC.CCOOP([O-])(=S)OC.CCOOP([O-])(=S)OC.[C+4]. The maximum Gasteiger partial charge on any atom is 4.00 e. The smallest absolute Gasteiger partial charge is 0.778 e. The first-order valence-electron chi connectivity index (χ1n) is 9.20. The summed E-state index contributed by atoms with van der Waals surface area (Å²) in [6, 6.07) is 0. The summed E-state index contributed by atoms with van der Waals surface area (Å²) in [6.45, 7) is -5.39. The third-order valence-electron chi connectivity index (χ3n) is 1.94. The summed E-state index contributed by atoms with van der Waals surface area (Å²) in [4.78, 5) is 59.5. The van der Waals surface area contributed by atoms with Gasteiger partial charge in [0.05, 0.1) is 26.4 Å². The zero-order valence-corrected chi connectivity index (χ0v) is 28.1. The fraction of sp³-hybridized carbons (Fsp3) is 0.923. The third-order valence-corrected chi connectivity index (χ3v) is 7.40. The van der Waals surface area contributed by atoms with Gasteiger partial charge in [0, 0.05) is 28.4 Å². The van der Waals surface area contributed by atoms with Crippen LogP contribution in [0.3, 0.4) is 0 Å². The van der Waals surface area contributed by atoms with Crippen molar-refractivity contribution in [2.45, 2.75) is 27.7 Å². The van der Waals surface area contributed by atoms with Crippen LogP contribution in [0.4, 0.5) is 0 Å². The molecule has 224 valence electrons. The van der Waals surface area contributed by atoms with Crippen molar-refractivity contribution in [3.63, 3.8) is 0 Å². The van der Waals surface area contributed by atoms with Crippen molar-refractivity contribution in [2.24, 2.45) is 0 Å². The van der Waals surface area contributed by atoms with Gasteiger partial charge >= 0.3 is 7.43 Å². The predicted molar refractivity (Wildman–Crippen MR) is 139 cm³/mol. The Morgan fingerprint density at radius 3 is 0.649 bits per heavy atom. The van der Waals surface area contributed by atoms with Gasteiger partial charge in [-0.2, -0.15) is 18.7 Å². The summed E-state index contributed by atoms with van der Waals surface area (Å²) in [7, 11) is 4.80. The van der Waals surface area contributed by atoms with Crippen molar-refractivity contribution in [1.82, 2.24) is 0 Å². The van der Waals surface area contributed by atoms with E-state index in [1.54, 1.807) is 27.7 Å².